The van der Waals surface area contributed by atoms with Crippen LogP contribution in [0.3, 0.4) is 0 Å². The van der Waals surface area contributed by atoms with Gasteiger partial charge in [-0.25, -0.2) is 4.39 Å². The van der Waals surface area contributed by atoms with Crippen LogP contribution in [0.1, 0.15) is 12.8 Å². The molecule has 2 nitrogen and oxygen atoms in total. The SMILES string of the molecule is CNCCCCOc1cccc(Cl)c1F. The lowest BCUT2D eigenvalue weighted by Gasteiger charge is -2.07. The molecular formula is C11H15ClFNO. The molecule has 0 aromatic heterocycles. The number of unbranched alkanes of at least 4 members (excludes halogenated alkanes) is 1. The molecule has 1 rings (SSSR count). The Kier molecular flexibility index (Phi) is 5.43. The van der Waals surface area contributed by atoms with Crippen molar-refractivity contribution in [3.63, 3.8) is 0 Å². The van der Waals surface area contributed by atoms with Gasteiger partial charge in [-0.3, -0.25) is 0 Å². The van der Waals surface area contributed by atoms with E-state index in [0.29, 0.717) is 6.61 Å². The molecule has 0 saturated heterocycles. The first-order chi connectivity index (χ1) is 7.25. The highest BCUT2D eigenvalue weighted by molar-refractivity contribution is 6.30. The Morgan fingerprint density at radius 3 is 2.93 bits per heavy atom. The maximum atomic E-state index is 13.3. The standard InChI is InChI=1S/C11H15ClFNO/c1-14-7-2-3-8-15-10-6-4-5-9(12)11(10)13/h4-6,14H,2-3,7-8H2,1H3. The van der Waals surface area contributed by atoms with Crippen molar-refractivity contribution in [1.82, 2.24) is 5.32 Å². The molecule has 4 heteroatoms. The highest BCUT2D eigenvalue weighted by Crippen LogP contribution is 2.23. The number of benzene rings is 1. The van der Waals surface area contributed by atoms with Crippen LogP contribution >= 0.6 is 11.6 Å². The third kappa shape index (κ3) is 4.06. The quantitative estimate of drug-likeness (QED) is 0.761. The fourth-order valence-electron chi connectivity index (χ4n) is 1.18. The van der Waals surface area contributed by atoms with E-state index in [9.17, 15) is 4.39 Å². The van der Waals surface area contributed by atoms with Crippen LogP contribution < -0.4 is 10.1 Å². The molecular weight excluding hydrogens is 217 g/mol. The lowest BCUT2D eigenvalue weighted by Crippen LogP contribution is -2.09. The summed E-state index contributed by atoms with van der Waals surface area (Å²) < 4.78 is 18.6. The van der Waals surface area contributed by atoms with Crippen LogP contribution in [0.15, 0.2) is 18.2 Å². The molecule has 0 bridgehead atoms. The molecule has 0 spiro atoms. The van der Waals surface area contributed by atoms with E-state index in [0.717, 1.165) is 19.4 Å². The highest BCUT2D eigenvalue weighted by atomic mass is 35.5. The van der Waals surface area contributed by atoms with Crippen molar-refractivity contribution in [2.45, 2.75) is 12.8 Å². The van der Waals surface area contributed by atoms with Crippen LogP contribution in [-0.2, 0) is 0 Å². The molecule has 0 fully saturated rings. The lowest BCUT2D eigenvalue weighted by atomic mass is 10.3. The van der Waals surface area contributed by atoms with E-state index in [1.165, 1.54) is 6.07 Å². The summed E-state index contributed by atoms with van der Waals surface area (Å²) >= 11 is 5.61. The van der Waals surface area contributed by atoms with Gasteiger partial charge < -0.3 is 10.1 Å². The van der Waals surface area contributed by atoms with Crippen LogP contribution in [0.25, 0.3) is 0 Å². The number of nitrogens with one attached hydrogen (secondary N) is 1. The Balaban J connectivity index is 2.34. The topological polar surface area (TPSA) is 21.3 Å². The Hall–Kier alpha value is -0.800. The fourth-order valence-corrected chi connectivity index (χ4v) is 1.35. The summed E-state index contributed by atoms with van der Waals surface area (Å²) in [5.74, 6) is -0.250. The Morgan fingerprint density at radius 2 is 2.20 bits per heavy atom. The van der Waals surface area contributed by atoms with E-state index in [-0.39, 0.29) is 10.8 Å². The normalized spacial score (nSPS) is 10.3. The van der Waals surface area contributed by atoms with Gasteiger partial charge in [0, 0.05) is 0 Å². The molecule has 15 heavy (non-hydrogen) atoms. The Bertz CT molecular complexity index is 307. The largest absolute Gasteiger partial charge is 0.490 e. The molecule has 1 aromatic carbocycles. The number of hydrogen-bond donors (Lipinski definition) is 1. The predicted molar refractivity (Wildman–Crippen MR) is 60.1 cm³/mol. The number of hydrogen-bond acceptors (Lipinski definition) is 2. The summed E-state index contributed by atoms with van der Waals surface area (Å²) in [7, 11) is 1.90. The minimum Gasteiger partial charge on any atom is -0.490 e. The second kappa shape index (κ2) is 6.64. The maximum absolute atomic E-state index is 13.3. The van der Waals surface area contributed by atoms with E-state index < -0.39 is 5.82 Å². The zero-order valence-electron chi connectivity index (χ0n) is 8.72. The van der Waals surface area contributed by atoms with Crippen molar-refractivity contribution in [1.29, 1.82) is 0 Å². The molecule has 0 atom stereocenters. The van der Waals surface area contributed by atoms with Crippen LogP contribution in [0, 0.1) is 5.82 Å². The van der Waals surface area contributed by atoms with Gasteiger partial charge in [0.25, 0.3) is 0 Å². The third-order valence-electron chi connectivity index (χ3n) is 1.99. The molecule has 0 radical (unpaired) electrons. The highest BCUT2D eigenvalue weighted by Gasteiger charge is 2.06. The first-order valence-electron chi connectivity index (χ1n) is 4.97. The van der Waals surface area contributed by atoms with Gasteiger partial charge in [0.2, 0.25) is 0 Å². The molecule has 84 valence electrons. The molecule has 1 aromatic rings. The van der Waals surface area contributed by atoms with Gasteiger partial charge in [0.1, 0.15) is 0 Å². The second-order valence-corrected chi connectivity index (χ2v) is 3.62. The summed E-state index contributed by atoms with van der Waals surface area (Å²) in [5, 5.41) is 3.14. The van der Waals surface area contributed by atoms with Gasteiger partial charge >= 0.3 is 0 Å². The van der Waals surface area contributed by atoms with Gasteiger partial charge in [0.05, 0.1) is 11.6 Å². The molecule has 0 saturated carbocycles. The Morgan fingerprint density at radius 1 is 1.40 bits per heavy atom. The van der Waals surface area contributed by atoms with Crippen molar-refractivity contribution in [2.24, 2.45) is 0 Å². The molecule has 0 aliphatic carbocycles. The van der Waals surface area contributed by atoms with Crippen LogP contribution in [0.5, 0.6) is 5.75 Å². The zero-order chi connectivity index (χ0) is 11.1. The molecule has 0 amide bonds. The van der Waals surface area contributed by atoms with E-state index in [4.69, 9.17) is 16.3 Å². The van der Waals surface area contributed by atoms with Crippen molar-refractivity contribution in [3.05, 3.63) is 29.0 Å². The molecule has 0 aliphatic rings. The zero-order valence-corrected chi connectivity index (χ0v) is 9.48. The minimum atomic E-state index is -0.479. The second-order valence-electron chi connectivity index (χ2n) is 3.21. The van der Waals surface area contributed by atoms with Gasteiger partial charge in [0.15, 0.2) is 11.6 Å². The molecule has 0 unspecified atom stereocenters. The monoisotopic (exact) mass is 231 g/mol. The minimum absolute atomic E-state index is 0.0997. The van der Waals surface area contributed by atoms with E-state index >= 15 is 0 Å². The smallest absolute Gasteiger partial charge is 0.183 e. The molecule has 0 heterocycles. The summed E-state index contributed by atoms with van der Waals surface area (Å²) in [6.07, 6.45) is 1.91. The predicted octanol–water partition coefficient (Wildman–Crippen LogP) is 2.86. The van der Waals surface area contributed by atoms with Crippen molar-refractivity contribution < 1.29 is 9.13 Å². The van der Waals surface area contributed by atoms with Crippen LogP contribution in [0.2, 0.25) is 5.02 Å². The first-order valence-corrected chi connectivity index (χ1v) is 5.35. The average molecular weight is 232 g/mol. The number of ether oxygens (including phenoxy) is 1. The number of rotatable bonds is 6. The van der Waals surface area contributed by atoms with Gasteiger partial charge in [-0.1, -0.05) is 17.7 Å². The summed E-state index contributed by atoms with van der Waals surface area (Å²) in [6, 6.07) is 4.76. The van der Waals surface area contributed by atoms with E-state index in [1.807, 2.05) is 7.05 Å². The number of halogens is 2. The molecule has 0 aliphatic heterocycles. The fraction of sp³-hybridized carbons (Fsp3) is 0.455. The maximum Gasteiger partial charge on any atom is 0.183 e. The summed E-state index contributed by atoms with van der Waals surface area (Å²) in [4.78, 5) is 0. The third-order valence-corrected chi connectivity index (χ3v) is 2.29. The van der Waals surface area contributed by atoms with Gasteiger partial charge in [-0.15, -0.1) is 0 Å². The Labute approximate surface area is 94.4 Å². The average Bonchev–Trinajstić information content (AvgIpc) is 2.24. The first kappa shape index (κ1) is 12.3. The van der Waals surface area contributed by atoms with Crippen LogP contribution in [-0.4, -0.2) is 20.2 Å². The van der Waals surface area contributed by atoms with E-state index in [1.54, 1.807) is 12.1 Å². The summed E-state index contributed by atoms with van der Waals surface area (Å²) in [5.41, 5.74) is 0. The molecule has 1 N–H and O–H groups in total. The van der Waals surface area contributed by atoms with Crippen molar-refractivity contribution in [2.75, 3.05) is 20.2 Å². The van der Waals surface area contributed by atoms with Gasteiger partial charge in [-0.2, -0.15) is 0 Å². The van der Waals surface area contributed by atoms with Crippen molar-refractivity contribution in [3.8, 4) is 5.75 Å². The van der Waals surface area contributed by atoms with Gasteiger partial charge in [-0.05, 0) is 38.6 Å². The van der Waals surface area contributed by atoms with Crippen molar-refractivity contribution >= 4 is 11.6 Å². The van der Waals surface area contributed by atoms with Crippen LogP contribution in [0.4, 0.5) is 4.39 Å². The summed E-state index contributed by atoms with van der Waals surface area (Å²) in [6.45, 7) is 1.46. The van der Waals surface area contributed by atoms with E-state index in [2.05, 4.69) is 5.32 Å². The lowest BCUT2D eigenvalue weighted by molar-refractivity contribution is 0.292.